The highest BCUT2D eigenvalue weighted by Crippen LogP contribution is 2.39. The van der Waals surface area contributed by atoms with Crippen molar-refractivity contribution in [2.45, 2.75) is 82.9 Å². The Labute approximate surface area is 195 Å². The predicted octanol–water partition coefficient (Wildman–Crippen LogP) is 6.32. The molecule has 5 heteroatoms. The summed E-state index contributed by atoms with van der Waals surface area (Å²) in [5.41, 5.74) is 1.28. The van der Waals surface area contributed by atoms with Crippen LogP contribution in [-0.4, -0.2) is 40.7 Å². The summed E-state index contributed by atoms with van der Waals surface area (Å²) in [6, 6.07) is 11.6. The summed E-state index contributed by atoms with van der Waals surface area (Å²) in [4.78, 5) is 14.0. The molecule has 32 heavy (non-hydrogen) atoms. The Kier molecular flexibility index (Phi) is 6.35. The third-order valence-corrected chi connectivity index (χ3v) is 8.52. The molecule has 0 radical (unpaired) electrons. The van der Waals surface area contributed by atoms with Crippen molar-refractivity contribution in [1.82, 2.24) is 4.90 Å². The standard InChI is InChI=1S/C27H34ClNO3/c1-17-2-9-23(10-3-17)32-25-11-6-19-5-4-18(14-24(19)26(25)28)12-13-29-21-7-8-22(29)16-20(15-21)27(30)31/h4-6,11,14,17,20-23H,2-3,7-10,12-13,15-16H2,1H3,(H,30,31)/t17-,20?,21?,22?,23+. The van der Waals surface area contributed by atoms with Crippen LogP contribution in [0.2, 0.25) is 5.02 Å². The number of hydrogen-bond acceptors (Lipinski definition) is 3. The molecule has 2 atom stereocenters. The molecule has 3 aliphatic rings. The number of benzene rings is 2. The fourth-order valence-corrected chi connectivity index (χ4v) is 6.45. The summed E-state index contributed by atoms with van der Waals surface area (Å²) in [5.74, 6) is 0.833. The third kappa shape index (κ3) is 4.49. The lowest BCUT2D eigenvalue weighted by molar-refractivity contribution is -0.144. The van der Waals surface area contributed by atoms with Crippen LogP contribution in [-0.2, 0) is 11.2 Å². The number of rotatable bonds is 6. The first kappa shape index (κ1) is 22.0. The van der Waals surface area contributed by atoms with E-state index in [4.69, 9.17) is 16.3 Å². The Morgan fingerprint density at radius 2 is 1.75 bits per heavy atom. The van der Waals surface area contributed by atoms with Gasteiger partial charge in [-0.3, -0.25) is 9.69 Å². The van der Waals surface area contributed by atoms with Crippen LogP contribution in [0.25, 0.3) is 10.8 Å². The summed E-state index contributed by atoms with van der Waals surface area (Å²) in [6.07, 6.45) is 9.78. The molecular weight excluding hydrogens is 422 g/mol. The molecule has 0 aromatic heterocycles. The molecule has 1 aliphatic carbocycles. The van der Waals surface area contributed by atoms with E-state index in [1.807, 2.05) is 6.07 Å². The molecule has 2 aromatic rings. The molecule has 5 rings (SSSR count). The van der Waals surface area contributed by atoms with Gasteiger partial charge in [-0.2, -0.15) is 0 Å². The minimum atomic E-state index is -0.619. The van der Waals surface area contributed by atoms with E-state index in [1.54, 1.807) is 0 Å². The second-order valence-corrected chi connectivity index (χ2v) is 10.7. The number of fused-ring (bicyclic) bond motifs is 3. The number of carboxylic acid groups (broad SMARTS) is 1. The van der Waals surface area contributed by atoms with E-state index in [0.717, 1.165) is 79.0 Å². The number of hydrogen-bond donors (Lipinski definition) is 1. The second kappa shape index (κ2) is 9.23. The summed E-state index contributed by atoms with van der Waals surface area (Å²) in [5, 5.41) is 12.4. The van der Waals surface area contributed by atoms with Gasteiger partial charge in [-0.05, 0) is 86.8 Å². The van der Waals surface area contributed by atoms with Crippen LogP contribution in [0, 0.1) is 11.8 Å². The van der Waals surface area contributed by atoms with Gasteiger partial charge in [0.25, 0.3) is 0 Å². The van der Waals surface area contributed by atoms with Crippen molar-refractivity contribution in [3.63, 3.8) is 0 Å². The number of carbonyl (C=O) groups is 1. The topological polar surface area (TPSA) is 49.8 Å². The molecule has 4 nitrogen and oxygen atoms in total. The zero-order valence-electron chi connectivity index (χ0n) is 18.9. The highest BCUT2D eigenvalue weighted by atomic mass is 35.5. The monoisotopic (exact) mass is 455 g/mol. The van der Waals surface area contributed by atoms with E-state index < -0.39 is 5.97 Å². The number of piperidine rings is 1. The Morgan fingerprint density at radius 1 is 1.06 bits per heavy atom. The molecule has 1 saturated carbocycles. The zero-order valence-corrected chi connectivity index (χ0v) is 19.7. The lowest BCUT2D eigenvalue weighted by atomic mass is 9.89. The van der Waals surface area contributed by atoms with Crippen molar-refractivity contribution >= 4 is 28.3 Å². The van der Waals surface area contributed by atoms with Crippen LogP contribution in [0.3, 0.4) is 0 Å². The maximum Gasteiger partial charge on any atom is 0.306 e. The molecular formula is C27H34ClNO3. The van der Waals surface area contributed by atoms with Crippen LogP contribution >= 0.6 is 11.6 Å². The van der Waals surface area contributed by atoms with Crippen molar-refractivity contribution in [2.75, 3.05) is 6.54 Å². The van der Waals surface area contributed by atoms with E-state index in [-0.39, 0.29) is 12.0 Å². The van der Waals surface area contributed by atoms with Crippen molar-refractivity contribution in [3.05, 3.63) is 40.9 Å². The lowest BCUT2D eigenvalue weighted by Gasteiger charge is -2.37. The molecule has 2 heterocycles. The average molecular weight is 456 g/mol. The van der Waals surface area contributed by atoms with Gasteiger partial charge in [-0.1, -0.05) is 36.7 Å². The highest BCUT2D eigenvalue weighted by molar-refractivity contribution is 6.37. The molecule has 1 N–H and O–H groups in total. The van der Waals surface area contributed by atoms with E-state index in [1.165, 1.54) is 18.4 Å². The number of carboxylic acids is 1. The van der Waals surface area contributed by atoms with E-state index in [0.29, 0.717) is 12.1 Å². The van der Waals surface area contributed by atoms with Crippen molar-refractivity contribution < 1.29 is 14.6 Å². The fourth-order valence-electron chi connectivity index (χ4n) is 6.18. The first-order chi connectivity index (χ1) is 15.5. The van der Waals surface area contributed by atoms with Crippen molar-refractivity contribution in [3.8, 4) is 5.75 Å². The van der Waals surface area contributed by atoms with Crippen LogP contribution in [0.5, 0.6) is 5.75 Å². The fraction of sp³-hybridized carbons (Fsp3) is 0.593. The molecule has 172 valence electrons. The van der Waals surface area contributed by atoms with Gasteiger partial charge in [0.1, 0.15) is 5.75 Å². The van der Waals surface area contributed by atoms with Crippen molar-refractivity contribution in [2.24, 2.45) is 11.8 Å². The minimum absolute atomic E-state index is 0.158. The summed E-state index contributed by atoms with van der Waals surface area (Å²) < 4.78 is 6.32. The SMILES string of the molecule is C[C@H]1CC[C@@H](Oc2ccc3ccc(CCN4C5CCC4CC(C(=O)O)C5)cc3c2Cl)CC1. The van der Waals surface area contributed by atoms with E-state index in [9.17, 15) is 9.90 Å². The van der Waals surface area contributed by atoms with Crippen LogP contribution in [0.4, 0.5) is 0 Å². The maximum atomic E-state index is 11.4. The smallest absolute Gasteiger partial charge is 0.306 e. The van der Waals surface area contributed by atoms with Crippen LogP contribution in [0.1, 0.15) is 63.9 Å². The number of halogens is 1. The zero-order chi connectivity index (χ0) is 22.2. The van der Waals surface area contributed by atoms with E-state index >= 15 is 0 Å². The Morgan fingerprint density at radius 3 is 2.44 bits per heavy atom. The molecule has 2 saturated heterocycles. The number of aliphatic carboxylic acids is 1. The van der Waals surface area contributed by atoms with Crippen LogP contribution < -0.4 is 4.74 Å². The average Bonchev–Trinajstić information content (AvgIpc) is 3.02. The Bertz CT molecular complexity index is 970. The van der Waals surface area contributed by atoms with Gasteiger partial charge >= 0.3 is 5.97 Å². The van der Waals surface area contributed by atoms with Gasteiger partial charge in [0.05, 0.1) is 17.0 Å². The lowest BCUT2D eigenvalue weighted by Crippen LogP contribution is -2.45. The van der Waals surface area contributed by atoms with E-state index in [2.05, 4.69) is 36.1 Å². The quantitative estimate of drug-likeness (QED) is 0.553. The molecule has 2 unspecified atom stereocenters. The van der Waals surface area contributed by atoms with Gasteiger partial charge in [0.15, 0.2) is 0 Å². The summed E-state index contributed by atoms with van der Waals surface area (Å²) in [6.45, 7) is 3.31. The molecule has 2 aliphatic heterocycles. The molecule has 0 amide bonds. The maximum absolute atomic E-state index is 11.4. The summed E-state index contributed by atoms with van der Waals surface area (Å²) in [7, 11) is 0. The van der Waals surface area contributed by atoms with Crippen molar-refractivity contribution in [1.29, 1.82) is 0 Å². The van der Waals surface area contributed by atoms with Gasteiger partial charge in [0.2, 0.25) is 0 Å². The summed E-state index contributed by atoms with van der Waals surface area (Å²) >= 11 is 6.82. The minimum Gasteiger partial charge on any atom is -0.489 e. The Balaban J connectivity index is 1.27. The largest absolute Gasteiger partial charge is 0.489 e. The number of ether oxygens (including phenoxy) is 1. The second-order valence-electron chi connectivity index (χ2n) is 10.3. The normalized spacial score (nSPS) is 30.5. The predicted molar refractivity (Wildman–Crippen MR) is 129 cm³/mol. The first-order valence-electron chi connectivity index (χ1n) is 12.3. The van der Waals surface area contributed by atoms with Gasteiger partial charge < -0.3 is 9.84 Å². The molecule has 2 bridgehead atoms. The van der Waals surface area contributed by atoms with Gasteiger partial charge in [-0.25, -0.2) is 0 Å². The highest BCUT2D eigenvalue weighted by Gasteiger charge is 2.42. The van der Waals surface area contributed by atoms with Gasteiger partial charge in [-0.15, -0.1) is 0 Å². The first-order valence-corrected chi connectivity index (χ1v) is 12.7. The van der Waals surface area contributed by atoms with Gasteiger partial charge in [0, 0.05) is 24.0 Å². The molecule has 2 aromatic carbocycles. The molecule has 0 spiro atoms. The molecule has 3 fully saturated rings. The third-order valence-electron chi connectivity index (χ3n) is 8.13. The Hall–Kier alpha value is -1.78. The number of nitrogens with zero attached hydrogens (tertiary/aromatic N) is 1. The van der Waals surface area contributed by atoms with Crippen LogP contribution in [0.15, 0.2) is 30.3 Å².